The third-order valence-electron chi connectivity index (χ3n) is 2.39. The Kier molecular flexibility index (Phi) is 3.66. The zero-order valence-corrected chi connectivity index (χ0v) is 10.7. The summed E-state index contributed by atoms with van der Waals surface area (Å²) in [6.07, 6.45) is 3.45. The molecule has 18 heavy (non-hydrogen) atoms. The van der Waals surface area contributed by atoms with Crippen molar-refractivity contribution in [3.05, 3.63) is 36.0 Å². The molecule has 0 N–H and O–H groups in total. The first-order valence-corrected chi connectivity index (χ1v) is 5.56. The molecule has 0 bridgehead atoms. The van der Waals surface area contributed by atoms with Gasteiger partial charge in [0.25, 0.3) is 0 Å². The van der Waals surface area contributed by atoms with Crippen molar-refractivity contribution in [1.29, 1.82) is 0 Å². The second-order valence-corrected chi connectivity index (χ2v) is 3.88. The molecule has 0 radical (unpaired) electrons. The molecule has 6 heteroatoms. The van der Waals surface area contributed by atoms with Gasteiger partial charge in [-0.1, -0.05) is 0 Å². The second kappa shape index (κ2) is 5.39. The molecule has 0 aromatic carbocycles. The predicted octanol–water partition coefficient (Wildman–Crippen LogP) is 1.22. The molecule has 2 heterocycles. The molecule has 0 aliphatic rings. The summed E-state index contributed by atoms with van der Waals surface area (Å²) < 4.78 is 5.06. The van der Waals surface area contributed by atoms with Crippen LogP contribution >= 0.6 is 0 Å². The molecule has 0 fully saturated rings. The van der Waals surface area contributed by atoms with E-state index in [9.17, 15) is 0 Å². The number of aryl methyl sites for hydroxylation is 1. The third kappa shape index (κ3) is 2.91. The van der Waals surface area contributed by atoms with Gasteiger partial charge in [0.1, 0.15) is 11.6 Å². The van der Waals surface area contributed by atoms with Crippen molar-refractivity contribution in [2.75, 3.05) is 19.1 Å². The largest absolute Gasteiger partial charge is 0.467 e. The van der Waals surface area contributed by atoms with E-state index in [0.717, 1.165) is 17.3 Å². The monoisotopic (exact) mass is 245 g/mol. The first-order valence-electron chi connectivity index (χ1n) is 5.56. The lowest BCUT2D eigenvalue weighted by Crippen LogP contribution is -2.19. The van der Waals surface area contributed by atoms with E-state index in [2.05, 4.69) is 19.9 Å². The summed E-state index contributed by atoms with van der Waals surface area (Å²) in [5.41, 5.74) is 0.859. The van der Waals surface area contributed by atoms with Crippen molar-refractivity contribution in [2.45, 2.75) is 13.5 Å². The zero-order chi connectivity index (χ0) is 13.0. The van der Waals surface area contributed by atoms with Gasteiger partial charge in [-0.05, 0) is 13.0 Å². The first-order chi connectivity index (χ1) is 8.69. The maximum atomic E-state index is 5.06. The molecule has 0 aliphatic carbocycles. The molecule has 0 aliphatic heterocycles. The van der Waals surface area contributed by atoms with Gasteiger partial charge < -0.3 is 9.64 Å². The summed E-state index contributed by atoms with van der Waals surface area (Å²) >= 11 is 0. The maximum Gasteiger partial charge on any atom is 0.318 e. The minimum atomic E-state index is 0.367. The van der Waals surface area contributed by atoms with Crippen LogP contribution in [0.15, 0.2) is 24.5 Å². The number of ether oxygens (including phenoxy) is 1. The SMILES string of the molecule is COc1nc(C)cc(N(C)Cc2ncccn2)n1. The molecule has 0 unspecified atom stereocenters. The minimum Gasteiger partial charge on any atom is -0.467 e. The van der Waals surface area contributed by atoms with Gasteiger partial charge in [-0.3, -0.25) is 0 Å². The fourth-order valence-electron chi connectivity index (χ4n) is 1.52. The number of nitrogens with zero attached hydrogens (tertiary/aromatic N) is 5. The Bertz CT molecular complexity index is 517. The highest BCUT2D eigenvalue weighted by molar-refractivity contribution is 5.39. The average molecular weight is 245 g/mol. The van der Waals surface area contributed by atoms with E-state index in [4.69, 9.17) is 4.74 Å². The predicted molar refractivity (Wildman–Crippen MR) is 67.5 cm³/mol. The molecule has 2 rings (SSSR count). The van der Waals surface area contributed by atoms with E-state index in [0.29, 0.717) is 12.6 Å². The van der Waals surface area contributed by atoms with E-state index >= 15 is 0 Å². The van der Waals surface area contributed by atoms with Gasteiger partial charge in [0.2, 0.25) is 0 Å². The molecular formula is C12H15N5O. The van der Waals surface area contributed by atoms with Crippen LogP contribution in [-0.2, 0) is 6.54 Å². The summed E-state index contributed by atoms with van der Waals surface area (Å²) in [4.78, 5) is 18.8. The van der Waals surface area contributed by atoms with Crippen LogP contribution in [0, 0.1) is 6.92 Å². The standard InChI is InChI=1S/C12H15N5O/c1-9-7-11(16-12(15-9)18-3)17(2)8-10-13-5-4-6-14-10/h4-7H,8H2,1-3H3. The van der Waals surface area contributed by atoms with Gasteiger partial charge in [-0.25, -0.2) is 15.0 Å². The molecular weight excluding hydrogens is 230 g/mol. The summed E-state index contributed by atoms with van der Waals surface area (Å²) in [5.74, 6) is 1.53. The van der Waals surface area contributed by atoms with Crippen LogP contribution in [0.2, 0.25) is 0 Å². The lowest BCUT2D eigenvalue weighted by atomic mass is 10.4. The van der Waals surface area contributed by atoms with Crippen LogP contribution in [0.4, 0.5) is 5.82 Å². The lowest BCUT2D eigenvalue weighted by Gasteiger charge is -2.17. The maximum absolute atomic E-state index is 5.06. The van der Waals surface area contributed by atoms with Gasteiger partial charge in [-0.15, -0.1) is 0 Å². The summed E-state index contributed by atoms with van der Waals surface area (Å²) in [7, 11) is 3.48. The van der Waals surface area contributed by atoms with Gasteiger partial charge in [0.15, 0.2) is 0 Å². The van der Waals surface area contributed by atoms with Crippen LogP contribution in [0.1, 0.15) is 11.5 Å². The van der Waals surface area contributed by atoms with E-state index in [1.165, 1.54) is 0 Å². The van der Waals surface area contributed by atoms with Crippen LogP contribution < -0.4 is 9.64 Å². The number of anilines is 1. The van der Waals surface area contributed by atoms with E-state index < -0.39 is 0 Å². The fourth-order valence-corrected chi connectivity index (χ4v) is 1.52. The number of hydrogen-bond acceptors (Lipinski definition) is 6. The van der Waals surface area contributed by atoms with Crippen LogP contribution in [-0.4, -0.2) is 34.1 Å². The fraction of sp³-hybridized carbons (Fsp3) is 0.333. The molecule has 0 spiro atoms. The second-order valence-electron chi connectivity index (χ2n) is 3.88. The smallest absolute Gasteiger partial charge is 0.318 e. The number of hydrogen-bond donors (Lipinski definition) is 0. The lowest BCUT2D eigenvalue weighted by molar-refractivity contribution is 0.378. The molecule has 0 atom stereocenters. The molecule has 0 saturated heterocycles. The molecule has 6 nitrogen and oxygen atoms in total. The zero-order valence-electron chi connectivity index (χ0n) is 10.7. The van der Waals surface area contributed by atoms with Gasteiger partial charge in [-0.2, -0.15) is 4.98 Å². The quantitative estimate of drug-likeness (QED) is 0.807. The van der Waals surface area contributed by atoms with Crippen LogP contribution in [0.5, 0.6) is 6.01 Å². The van der Waals surface area contributed by atoms with Crippen molar-refractivity contribution in [3.63, 3.8) is 0 Å². The highest BCUT2D eigenvalue weighted by atomic mass is 16.5. The number of aromatic nitrogens is 4. The van der Waals surface area contributed by atoms with E-state index in [1.807, 2.05) is 24.9 Å². The first kappa shape index (κ1) is 12.2. The molecule has 2 aromatic heterocycles. The highest BCUT2D eigenvalue weighted by Crippen LogP contribution is 2.15. The number of methoxy groups -OCH3 is 1. The van der Waals surface area contributed by atoms with Gasteiger partial charge in [0.05, 0.1) is 13.7 Å². The Morgan fingerprint density at radius 2 is 1.94 bits per heavy atom. The number of rotatable bonds is 4. The van der Waals surface area contributed by atoms with Crippen LogP contribution in [0.3, 0.4) is 0 Å². The summed E-state index contributed by atoms with van der Waals surface area (Å²) in [6.45, 7) is 2.49. The summed E-state index contributed by atoms with van der Waals surface area (Å²) in [5, 5.41) is 0. The van der Waals surface area contributed by atoms with Crippen molar-refractivity contribution >= 4 is 5.82 Å². The van der Waals surface area contributed by atoms with Crippen molar-refractivity contribution in [1.82, 2.24) is 19.9 Å². The molecule has 2 aromatic rings. The highest BCUT2D eigenvalue weighted by Gasteiger charge is 2.08. The Morgan fingerprint density at radius 1 is 1.22 bits per heavy atom. The van der Waals surface area contributed by atoms with Gasteiger partial charge >= 0.3 is 6.01 Å². The Morgan fingerprint density at radius 3 is 2.61 bits per heavy atom. The third-order valence-corrected chi connectivity index (χ3v) is 2.39. The van der Waals surface area contributed by atoms with Crippen molar-refractivity contribution < 1.29 is 4.74 Å². The van der Waals surface area contributed by atoms with E-state index in [-0.39, 0.29) is 0 Å². The van der Waals surface area contributed by atoms with Gasteiger partial charge in [0, 0.05) is 31.2 Å². The summed E-state index contributed by atoms with van der Waals surface area (Å²) in [6, 6.07) is 4.05. The molecule has 0 saturated carbocycles. The molecule has 94 valence electrons. The molecule has 0 amide bonds. The van der Waals surface area contributed by atoms with E-state index in [1.54, 1.807) is 25.6 Å². The van der Waals surface area contributed by atoms with Crippen molar-refractivity contribution in [2.24, 2.45) is 0 Å². The Labute approximate surface area is 106 Å². The minimum absolute atomic E-state index is 0.367. The Balaban J connectivity index is 2.18. The average Bonchev–Trinajstić information content (AvgIpc) is 2.39. The van der Waals surface area contributed by atoms with Crippen molar-refractivity contribution in [3.8, 4) is 6.01 Å². The topological polar surface area (TPSA) is 64.0 Å². The Hall–Kier alpha value is -2.24. The normalized spacial score (nSPS) is 10.2. The van der Waals surface area contributed by atoms with Crippen LogP contribution in [0.25, 0.3) is 0 Å².